The van der Waals surface area contributed by atoms with Crippen LogP contribution in [0.4, 0.5) is 18.9 Å². The summed E-state index contributed by atoms with van der Waals surface area (Å²) in [6.45, 7) is 0. The Balaban J connectivity index is 2.53. The summed E-state index contributed by atoms with van der Waals surface area (Å²) >= 11 is 0. The van der Waals surface area contributed by atoms with Gasteiger partial charge in [0, 0.05) is 23.6 Å². The summed E-state index contributed by atoms with van der Waals surface area (Å²) in [4.78, 5) is 7.95. The lowest BCUT2D eigenvalue weighted by Gasteiger charge is -2.11. The molecule has 1 heterocycles. The second kappa shape index (κ2) is 4.75. The number of rotatable bonds is 2. The number of nitrogens with zero attached hydrogens (tertiary/aromatic N) is 2. The highest BCUT2D eigenvalue weighted by atomic mass is 19.4. The molecule has 0 bridgehead atoms. The normalized spacial score (nSPS) is 11.4. The molecule has 0 fully saturated rings. The van der Waals surface area contributed by atoms with E-state index in [0.717, 1.165) is 12.1 Å². The Morgan fingerprint density at radius 3 is 2.42 bits per heavy atom. The van der Waals surface area contributed by atoms with E-state index < -0.39 is 11.7 Å². The first-order chi connectivity index (χ1) is 8.93. The monoisotopic (exact) mass is 269 g/mol. The third-order valence-electron chi connectivity index (χ3n) is 2.49. The first-order valence-corrected chi connectivity index (χ1v) is 5.25. The van der Waals surface area contributed by atoms with Gasteiger partial charge in [0.05, 0.1) is 12.7 Å². The minimum Gasteiger partial charge on any atom is -0.479 e. The zero-order valence-corrected chi connectivity index (χ0v) is 9.90. The summed E-state index contributed by atoms with van der Waals surface area (Å²) in [6.07, 6.45) is -1.60. The van der Waals surface area contributed by atoms with Crippen molar-refractivity contribution in [3.05, 3.63) is 36.2 Å². The molecule has 2 aromatic rings. The zero-order chi connectivity index (χ0) is 14.0. The van der Waals surface area contributed by atoms with E-state index >= 15 is 0 Å². The molecule has 100 valence electrons. The molecule has 2 N–H and O–H groups in total. The third-order valence-corrected chi connectivity index (χ3v) is 2.49. The van der Waals surface area contributed by atoms with E-state index in [1.165, 1.54) is 25.6 Å². The first kappa shape index (κ1) is 13.1. The number of anilines is 1. The van der Waals surface area contributed by atoms with Gasteiger partial charge in [0.2, 0.25) is 5.88 Å². The van der Waals surface area contributed by atoms with Gasteiger partial charge in [0.1, 0.15) is 5.69 Å². The summed E-state index contributed by atoms with van der Waals surface area (Å²) < 4.78 is 42.6. The van der Waals surface area contributed by atoms with E-state index in [4.69, 9.17) is 10.5 Å². The van der Waals surface area contributed by atoms with Crippen LogP contribution in [0.15, 0.2) is 30.6 Å². The van der Waals surface area contributed by atoms with E-state index in [1.54, 1.807) is 0 Å². The molecule has 0 atom stereocenters. The van der Waals surface area contributed by atoms with Gasteiger partial charge in [-0.05, 0) is 18.2 Å². The maximum Gasteiger partial charge on any atom is 0.416 e. The highest BCUT2D eigenvalue weighted by Crippen LogP contribution is 2.35. The molecule has 0 saturated carbocycles. The molecular formula is C12H10F3N3O. The predicted molar refractivity (Wildman–Crippen MR) is 63.4 cm³/mol. The van der Waals surface area contributed by atoms with Crippen LogP contribution in [0.3, 0.4) is 0 Å². The number of aromatic nitrogens is 2. The summed E-state index contributed by atoms with van der Waals surface area (Å²) in [5.74, 6) is 0.203. The van der Waals surface area contributed by atoms with Gasteiger partial charge in [-0.25, -0.2) is 9.97 Å². The molecule has 7 heteroatoms. The van der Waals surface area contributed by atoms with Crippen LogP contribution in [0.2, 0.25) is 0 Å². The van der Waals surface area contributed by atoms with Crippen LogP contribution in [-0.2, 0) is 6.18 Å². The smallest absolute Gasteiger partial charge is 0.416 e. The van der Waals surface area contributed by atoms with Crippen molar-refractivity contribution in [2.45, 2.75) is 6.18 Å². The molecule has 0 radical (unpaired) electrons. The Kier molecular flexibility index (Phi) is 3.28. The maximum atomic E-state index is 12.5. The molecule has 0 aliphatic carbocycles. The van der Waals surface area contributed by atoms with Crippen LogP contribution >= 0.6 is 0 Å². The highest BCUT2D eigenvalue weighted by molar-refractivity contribution is 5.77. The molecule has 0 aliphatic heterocycles. The lowest BCUT2D eigenvalue weighted by atomic mass is 10.1. The Bertz CT molecular complexity index is 599. The van der Waals surface area contributed by atoms with Gasteiger partial charge in [-0.3, -0.25) is 0 Å². The van der Waals surface area contributed by atoms with Crippen LogP contribution in [0.1, 0.15) is 5.56 Å². The van der Waals surface area contributed by atoms with Crippen LogP contribution in [0, 0.1) is 0 Å². The Morgan fingerprint density at radius 2 is 1.84 bits per heavy atom. The van der Waals surface area contributed by atoms with Crippen molar-refractivity contribution in [2.24, 2.45) is 0 Å². The molecule has 0 unspecified atom stereocenters. The van der Waals surface area contributed by atoms with E-state index in [0.29, 0.717) is 11.3 Å². The van der Waals surface area contributed by atoms with Crippen molar-refractivity contribution in [1.82, 2.24) is 9.97 Å². The number of methoxy groups -OCH3 is 1. The van der Waals surface area contributed by atoms with E-state index in [1.807, 2.05) is 0 Å². The average Bonchev–Trinajstić information content (AvgIpc) is 2.37. The number of benzene rings is 1. The maximum absolute atomic E-state index is 12.5. The molecule has 19 heavy (non-hydrogen) atoms. The van der Waals surface area contributed by atoms with Crippen molar-refractivity contribution >= 4 is 5.69 Å². The minimum atomic E-state index is -4.43. The number of alkyl halides is 3. The standard InChI is InChI=1S/C12H10F3N3O/c1-19-11-10(17-4-5-18-11)8-3-2-7(6-9(8)16)12(13,14)15/h2-6H,16H2,1H3. The number of hydrogen-bond acceptors (Lipinski definition) is 4. The Hall–Kier alpha value is -2.31. The van der Waals surface area contributed by atoms with Gasteiger partial charge in [0.15, 0.2) is 0 Å². The fraction of sp³-hybridized carbons (Fsp3) is 0.167. The molecular weight excluding hydrogens is 259 g/mol. The lowest BCUT2D eigenvalue weighted by Crippen LogP contribution is -2.06. The summed E-state index contributed by atoms with van der Waals surface area (Å²) in [6, 6.07) is 3.06. The summed E-state index contributed by atoms with van der Waals surface area (Å²) in [5.41, 5.74) is 5.46. The van der Waals surface area contributed by atoms with Crippen molar-refractivity contribution in [2.75, 3.05) is 12.8 Å². The van der Waals surface area contributed by atoms with Gasteiger partial charge in [-0.2, -0.15) is 13.2 Å². The number of nitrogen functional groups attached to an aromatic ring is 1. The predicted octanol–water partition coefficient (Wildman–Crippen LogP) is 2.75. The van der Waals surface area contributed by atoms with Gasteiger partial charge in [-0.15, -0.1) is 0 Å². The van der Waals surface area contributed by atoms with Gasteiger partial charge in [0.25, 0.3) is 0 Å². The van der Waals surface area contributed by atoms with Gasteiger partial charge >= 0.3 is 6.18 Å². The van der Waals surface area contributed by atoms with Crippen LogP contribution in [0.5, 0.6) is 5.88 Å². The van der Waals surface area contributed by atoms with Crippen LogP contribution < -0.4 is 10.5 Å². The Morgan fingerprint density at radius 1 is 1.16 bits per heavy atom. The quantitative estimate of drug-likeness (QED) is 0.851. The lowest BCUT2D eigenvalue weighted by molar-refractivity contribution is -0.137. The first-order valence-electron chi connectivity index (χ1n) is 5.25. The number of ether oxygens (including phenoxy) is 1. The average molecular weight is 269 g/mol. The number of hydrogen-bond donors (Lipinski definition) is 1. The zero-order valence-electron chi connectivity index (χ0n) is 9.90. The number of halogens is 3. The topological polar surface area (TPSA) is 61.0 Å². The molecule has 2 rings (SSSR count). The molecule has 0 amide bonds. The fourth-order valence-electron chi connectivity index (χ4n) is 1.61. The SMILES string of the molecule is COc1nccnc1-c1ccc(C(F)(F)F)cc1N. The van der Waals surface area contributed by atoms with Gasteiger partial charge < -0.3 is 10.5 Å². The highest BCUT2D eigenvalue weighted by Gasteiger charge is 2.31. The molecule has 1 aromatic heterocycles. The Labute approximate surface area is 107 Å². The second-order valence-electron chi connectivity index (χ2n) is 3.71. The fourth-order valence-corrected chi connectivity index (χ4v) is 1.61. The molecule has 4 nitrogen and oxygen atoms in total. The van der Waals surface area contributed by atoms with Crippen molar-refractivity contribution < 1.29 is 17.9 Å². The van der Waals surface area contributed by atoms with E-state index in [-0.39, 0.29) is 11.6 Å². The van der Waals surface area contributed by atoms with Gasteiger partial charge in [-0.1, -0.05) is 0 Å². The van der Waals surface area contributed by atoms with Crippen LogP contribution in [-0.4, -0.2) is 17.1 Å². The van der Waals surface area contributed by atoms with E-state index in [9.17, 15) is 13.2 Å². The largest absolute Gasteiger partial charge is 0.479 e. The van der Waals surface area contributed by atoms with Crippen molar-refractivity contribution in [1.29, 1.82) is 0 Å². The van der Waals surface area contributed by atoms with E-state index in [2.05, 4.69) is 9.97 Å². The second-order valence-corrected chi connectivity index (χ2v) is 3.71. The number of nitrogens with two attached hydrogens (primary N) is 1. The molecule has 0 spiro atoms. The van der Waals surface area contributed by atoms with Crippen molar-refractivity contribution in [3.8, 4) is 17.1 Å². The van der Waals surface area contributed by atoms with Crippen molar-refractivity contribution in [3.63, 3.8) is 0 Å². The minimum absolute atomic E-state index is 0.0337. The third kappa shape index (κ3) is 2.59. The molecule has 0 saturated heterocycles. The molecule has 1 aromatic carbocycles. The summed E-state index contributed by atoms with van der Waals surface area (Å²) in [7, 11) is 1.40. The summed E-state index contributed by atoms with van der Waals surface area (Å²) in [5, 5.41) is 0. The molecule has 0 aliphatic rings. The van der Waals surface area contributed by atoms with Crippen LogP contribution in [0.25, 0.3) is 11.3 Å².